The van der Waals surface area contributed by atoms with E-state index in [-0.39, 0.29) is 12.4 Å². The summed E-state index contributed by atoms with van der Waals surface area (Å²) in [5.41, 5.74) is -4.25. The Morgan fingerprint density at radius 1 is 1.07 bits per heavy atom. The summed E-state index contributed by atoms with van der Waals surface area (Å²) < 4.78 is 71.5. The molecule has 3 aromatic rings. The molecule has 0 bridgehead atoms. The van der Waals surface area contributed by atoms with Crippen molar-refractivity contribution in [1.82, 2.24) is 9.55 Å². The number of benzene rings is 2. The minimum absolute atomic E-state index is 0.123. The van der Waals surface area contributed by atoms with E-state index in [1.165, 1.54) is 18.6 Å². The molecule has 0 fully saturated rings. The Morgan fingerprint density at radius 3 is 2.44 bits per heavy atom. The molecule has 0 saturated carbocycles. The van der Waals surface area contributed by atoms with Crippen LogP contribution in [0.1, 0.15) is 5.56 Å². The van der Waals surface area contributed by atoms with Crippen LogP contribution in [0.2, 0.25) is 0 Å². The highest BCUT2D eigenvalue weighted by Gasteiger charge is 2.48. The van der Waals surface area contributed by atoms with Crippen molar-refractivity contribution in [3.05, 3.63) is 72.8 Å². The summed E-state index contributed by atoms with van der Waals surface area (Å²) >= 11 is 0. The fourth-order valence-electron chi connectivity index (χ4n) is 2.19. The van der Waals surface area contributed by atoms with Gasteiger partial charge in [0.1, 0.15) is 18.1 Å². The van der Waals surface area contributed by atoms with E-state index >= 15 is 0 Å². The van der Waals surface area contributed by atoms with Crippen molar-refractivity contribution in [2.45, 2.75) is 12.1 Å². The molecule has 10 heteroatoms. The Morgan fingerprint density at radius 2 is 1.81 bits per heavy atom. The van der Waals surface area contributed by atoms with E-state index < -0.39 is 21.4 Å². The lowest BCUT2D eigenvalue weighted by atomic mass is 10.2. The van der Waals surface area contributed by atoms with Gasteiger partial charge in [0.15, 0.2) is 0 Å². The number of ether oxygens (including phenoxy) is 1. The van der Waals surface area contributed by atoms with Crippen molar-refractivity contribution >= 4 is 10.1 Å². The molecule has 3 rings (SSSR count). The van der Waals surface area contributed by atoms with Gasteiger partial charge in [0.05, 0.1) is 12.0 Å². The van der Waals surface area contributed by atoms with Gasteiger partial charge in [0, 0.05) is 18.5 Å². The first kappa shape index (κ1) is 18.8. The second-order valence-electron chi connectivity index (χ2n) is 5.36. The number of hydrogen-bond acceptors (Lipinski definition) is 5. The summed E-state index contributed by atoms with van der Waals surface area (Å²) in [4.78, 5) is 3.90. The number of aromatic nitrogens is 2. The first-order chi connectivity index (χ1) is 12.8. The Hall–Kier alpha value is -3.01. The van der Waals surface area contributed by atoms with E-state index in [9.17, 15) is 21.6 Å². The number of halogens is 3. The molecule has 0 unspecified atom stereocenters. The number of imidazole rings is 1. The van der Waals surface area contributed by atoms with Crippen molar-refractivity contribution in [3.63, 3.8) is 0 Å². The smallest absolute Gasteiger partial charge is 0.487 e. The van der Waals surface area contributed by atoms with Crippen LogP contribution in [0.25, 0.3) is 5.69 Å². The molecule has 0 aliphatic rings. The van der Waals surface area contributed by atoms with E-state index in [1.807, 2.05) is 30.3 Å². The van der Waals surface area contributed by atoms with E-state index in [1.54, 1.807) is 10.8 Å². The molecule has 0 radical (unpaired) electrons. The molecule has 0 N–H and O–H groups in total. The Kier molecular flexibility index (Phi) is 5.08. The van der Waals surface area contributed by atoms with Crippen molar-refractivity contribution in [3.8, 4) is 17.2 Å². The second-order valence-corrected chi connectivity index (χ2v) is 6.89. The molecule has 6 nitrogen and oxygen atoms in total. The maximum absolute atomic E-state index is 12.5. The summed E-state index contributed by atoms with van der Waals surface area (Å²) in [6, 6.07) is 12.6. The third-order valence-corrected chi connectivity index (χ3v) is 4.42. The maximum Gasteiger partial charge on any atom is 0.534 e. The van der Waals surface area contributed by atoms with Gasteiger partial charge in [0.2, 0.25) is 0 Å². The van der Waals surface area contributed by atoms with Crippen LogP contribution in [-0.4, -0.2) is 23.5 Å². The van der Waals surface area contributed by atoms with Gasteiger partial charge >= 0.3 is 15.6 Å². The molecule has 0 amide bonds. The highest BCUT2D eigenvalue weighted by atomic mass is 32.2. The van der Waals surface area contributed by atoms with Crippen LogP contribution in [0.5, 0.6) is 11.5 Å². The molecule has 0 aliphatic heterocycles. The van der Waals surface area contributed by atoms with Crippen LogP contribution in [0.4, 0.5) is 13.2 Å². The van der Waals surface area contributed by atoms with Gasteiger partial charge in [-0.2, -0.15) is 21.6 Å². The van der Waals surface area contributed by atoms with E-state index in [0.717, 1.165) is 17.7 Å². The predicted octanol–water partition coefficient (Wildman–Crippen LogP) is 3.68. The molecule has 0 atom stereocenters. The fourth-order valence-corrected chi connectivity index (χ4v) is 2.64. The van der Waals surface area contributed by atoms with Crippen molar-refractivity contribution < 1.29 is 30.5 Å². The standard InChI is InChI=1S/C17H13F3N2O4S/c18-17(19,20)27(23,24)26-14-6-7-15(22-9-8-21-12-22)16(10-14)25-11-13-4-2-1-3-5-13/h1-10,12H,11H2. The van der Waals surface area contributed by atoms with E-state index in [0.29, 0.717) is 5.69 Å². The van der Waals surface area contributed by atoms with Crippen molar-refractivity contribution in [2.75, 3.05) is 0 Å². The highest BCUT2D eigenvalue weighted by Crippen LogP contribution is 2.32. The van der Waals surface area contributed by atoms with Crippen LogP contribution < -0.4 is 8.92 Å². The van der Waals surface area contributed by atoms with E-state index in [4.69, 9.17) is 4.74 Å². The zero-order chi connectivity index (χ0) is 19.5. The van der Waals surface area contributed by atoms with Gasteiger partial charge in [0.25, 0.3) is 0 Å². The molecule has 0 saturated heterocycles. The third-order valence-electron chi connectivity index (χ3n) is 3.44. The third kappa shape index (κ3) is 4.40. The van der Waals surface area contributed by atoms with Crippen molar-refractivity contribution in [2.24, 2.45) is 0 Å². The van der Waals surface area contributed by atoms with Crippen molar-refractivity contribution in [1.29, 1.82) is 0 Å². The number of nitrogens with zero attached hydrogens (tertiary/aromatic N) is 2. The predicted molar refractivity (Wildman–Crippen MR) is 89.9 cm³/mol. The second kappa shape index (κ2) is 7.31. The normalized spacial score (nSPS) is 12.0. The molecular formula is C17H13F3N2O4S. The zero-order valence-electron chi connectivity index (χ0n) is 13.6. The molecule has 1 aromatic heterocycles. The molecule has 1 heterocycles. The maximum atomic E-state index is 12.5. The Balaban J connectivity index is 1.92. The summed E-state index contributed by atoms with van der Waals surface area (Å²) in [7, 11) is -5.78. The quantitative estimate of drug-likeness (QED) is 0.468. The number of hydrogen-bond donors (Lipinski definition) is 0. The molecule has 27 heavy (non-hydrogen) atoms. The average Bonchev–Trinajstić information content (AvgIpc) is 3.14. The molecule has 0 aliphatic carbocycles. The average molecular weight is 398 g/mol. The van der Waals surface area contributed by atoms with Gasteiger partial charge in [-0.3, -0.25) is 0 Å². The summed E-state index contributed by atoms with van der Waals surface area (Å²) in [5.74, 6) is -0.383. The summed E-state index contributed by atoms with van der Waals surface area (Å²) in [5, 5.41) is 0. The van der Waals surface area contributed by atoms with Gasteiger partial charge in [-0.15, -0.1) is 0 Å². The minimum Gasteiger partial charge on any atom is -0.487 e. The molecule has 2 aromatic carbocycles. The first-order valence-electron chi connectivity index (χ1n) is 7.56. The SMILES string of the molecule is O=S(=O)(Oc1ccc(-n2ccnc2)c(OCc2ccccc2)c1)C(F)(F)F. The van der Waals surface area contributed by atoms with Gasteiger partial charge in [-0.05, 0) is 17.7 Å². The fraction of sp³-hybridized carbons (Fsp3) is 0.118. The molecule has 0 spiro atoms. The van der Waals surface area contributed by atoms with Gasteiger partial charge in [-0.25, -0.2) is 4.98 Å². The first-order valence-corrected chi connectivity index (χ1v) is 8.97. The number of rotatable bonds is 6. The Bertz CT molecular complexity index is 1000. The van der Waals surface area contributed by atoms with Gasteiger partial charge < -0.3 is 13.5 Å². The lowest BCUT2D eigenvalue weighted by Gasteiger charge is -2.15. The van der Waals surface area contributed by atoms with Crippen LogP contribution in [0.3, 0.4) is 0 Å². The van der Waals surface area contributed by atoms with E-state index in [2.05, 4.69) is 9.17 Å². The Labute approximate surface area is 152 Å². The largest absolute Gasteiger partial charge is 0.534 e. The topological polar surface area (TPSA) is 70.4 Å². The van der Waals surface area contributed by atoms with Crippen LogP contribution in [-0.2, 0) is 16.7 Å². The molecule has 142 valence electrons. The molecular weight excluding hydrogens is 385 g/mol. The van der Waals surface area contributed by atoms with Gasteiger partial charge in [-0.1, -0.05) is 30.3 Å². The lowest BCUT2D eigenvalue weighted by molar-refractivity contribution is -0.0500. The van der Waals surface area contributed by atoms with Crippen LogP contribution in [0.15, 0.2) is 67.3 Å². The minimum atomic E-state index is -5.78. The number of alkyl halides is 3. The summed E-state index contributed by atoms with van der Waals surface area (Å²) in [6.07, 6.45) is 4.59. The van der Waals surface area contributed by atoms with Crippen LogP contribution >= 0.6 is 0 Å². The monoisotopic (exact) mass is 398 g/mol. The highest BCUT2D eigenvalue weighted by molar-refractivity contribution is 7.88. The summed E-state index contributed by atoms with van der Waals surface area (Å²) in [6.45, 7) is 0.123. The van der Waals surface area contributed by atoms with Crippen LogP contribution in [0, 0.1) is 0 Å². The lowest BCUT2D eigenvalue weighted by Crippen LogP contribution is -2.28. The zero-order valence-corrected chi connectivity index (χ0v) is 14.4.